The zero-order chi connectivity index (χ0) is 25.6. The van der Waals surface area contributed by atoms with E-state index in [1.54, 1.807) is 12.1 Å². The molecule has 0 radical (unpaired) electrons. The van der Waals surface area contributed by atoms with E-state index in [0.29, 0.717) is 5.69 Å². The lowest BCUT2D eigenvalue weighted by Crippen LogP contribution is -2.33. The number of nitrogens with zero attached hydrogens (tertiary/aromatic N) is 1. The number of allylic oxidation sites excluding steroid dienone is 2. The monoisotopic (exact) mass is 486 g/mol. The Hall–Kier alpha value is -3.74. The van der Waals surface area contributed by atoms with Gasteiger partial charge in [-0.2, -0.15) is 0 Å². The quantitative estimate of drug-likeness (QED) is 0.358. The van der Waals surface area contributed by atoms with E-state index in [2.05, 4.69) is 11.4 Å². The van der Waals surface area contributed by atoms with Crippen LogP contribution in [0.3, 0.4) is 0 Å². The fourth-order valence-corrected chi connectivity index (χ4v) is 6.07. The van der Waals surface area contributed by atoms with E-state index >= 15 is 0 Å². The summed E-state index contributed by atoms with van der Waals surface area (Å²) in [5.41, 5.74) is 4.73. The van der Waals surface area contributed by atoms with E-state index in [0.717, 1.165) is 36.1 Å². The Kier molecular flexibility index (Phi) is 6.24. The average Bonchev–Trinajstić information content (AvgIpc) is 3.52. The lowest BCUT2D eigenvalue weighted by atomic mass is 9.82. The molecule has 5 rings (SSSR count). The number of carbonyl (C=O) groups excluding carboxylic acids is 4. The van der Waals surface area contributed by atoms with Crippen molar-refractivity contribution in [3.05, 3.63) is 70.8 Å². The summed E-state index contributed by atoms with van der Waals surface area (Å²) in [4.78, 5) is 52.5. The highest BCUT2D eigenvalue weighted by molar-refractivity contribution is 6.23. The molecule has 186 valence electrons. The predicted octanol–water partition coefficient (Wildman–Crippen LogP) is 4.31. The number of imide groups is 1. The summed E-state index contributed by atoms with van der Waals surface area (Å²) in [6, 6.07) is 12.1. The number of carbonyl (C=O) groups is 4. The van der Waals surface area contributed by atoms with Gasteiger partial charge in [-0.25, -0.2) is 4.79 Å². The summed E-state index contributed by atoms with van der Waals surface area (Å²) in [6.45, 7) is 5.66. The lowest BCUT2D eigenvalue weighted by molar-refractivity contribution is -0.123. The van der Waals surface area contributed by atoms with Crippen LogP contribution in [0.15, 0.2) is 54.1 Å². The van der Waals surface area contributed by atoms with E-state index in [-0.39, 0.29) is 41.0 Å². The van der Waals surface area contributed by atoms with Crippen LogP contribution < -0.4 is 10.2 Å². The third-order valence-electron chi connectivity index (χ3n) is 7.84. The second-order valence-corrected chi connectivity index (χ2v) is 9.81. The van der Waals surface area contributed by atoms with Crippen molar-refractivity contribution in [1.29, 1.82) is 0 Å². The molecule has 7 nitrogen and oxygen atoms in total. The minimum absolute atomic E-state index is 0.138. The van der Waals surface area contributed by atoms with Crippen LogP contribution in [0.5, 0.6) is 0 Å². The molecule has 4 atom stereocenters. The molecule has 2 aliphatic carbocycles. The number of para-hydroxylation sites is 1. The normalized spacial score (nSPS) is 24.1. The molecular weight excluding hydrogens is 456 g/mol. The molecule has 2 aromatic carbocycles. The molecule has 1 saturated carbocycles. The van der Waals surface area contributed by atoms with Gasteiger partial charge in [-0.15, -0.1) is 0 Å². The zero-order valence-corrected chi connectivity index (χ0v) is 20.7. The van der Waals surface area contributed by atoms with Crippen LogP contribution in [0, 0.1) is 23.7 Å². The number of anilines is 2. The highest BCUT2D eigenvalue weighted by atomic mass is 16.5. The van der Waals surface area contributed by atoms with Gasteiger partial charge in [-0.3, -0.25) is 19.3 Å². The predicted molar refractivity (Wildman–Crippen MR) is 135 cm³/mol. The van der Waals surface area contributed by atoms with Crippen LogP contribution in [0.1, 0.15) is 48.7 Å². The van der Waals surface area contributed by atoms with Gasteiger partial charge in [0, 0.05) is 5.69 Å². The molecule has 7 heteroatoms. The summed E-state index contributed by atoms with van der Waals surface area (Å²) in [7, 11) is 0. The SMILES string of the molecule is CCc1cccc(CC)c1NC(=O)COC(=O)c1ccc(N2C(=O)[C@@H]3[C@H](C2=O)[C@@H]2C[C@@H]3C=C2C)cc1. The summed E-state index contributed by atoms with van der Waals surface area (Å²) < 4.78 is 5.22. The van der Waals surface area contributed by atoms with Crippen LogP contribution in [-0.4, -0.2) is 30.3 Å². The standard InChI is InChI=1S/C29H30N2O5/c1-4-17-7-6-8-18(5-2)26(17)30-23(32)15-36-29(35)19-9-11-21(12-10-19)31-27(33)24-20-13-16(3)22(14-20)25(24)28(31)34/h6-13,20,22,24-25H,4-5,14-15H2,1-3H3,(H,30,32)/t20-,22+,24-,25+/m0/s1. The Balaban J connectivity index is 1.21. The molecule has 36 heavy (non-hydrogen) atoms. The molecule has 1 heterocycles. The maximum absolute atomic E-state index is 13.1. The van der Waals surface area contributed by atoms with Gasteiger partial charge in [0.15, 0.2) is 6.61 Å². The number of ether oxygens (including phenoxy) is 1. The highest BCUT2D eigenvalue weighted by Gasteiger charge is 2.60. The third-order valence-corrected chi connectivity index (χ3v) is 7.84. The smallest absolute Gasteiger partial charge is 0.338 e. The highest BCUT2D eigenvalue weighted by Crippen LogP contribution is 2.55. The number of nitrogens with one attached hydrogen (secondary N) is 1. The summed E-state index contributed by atoms with van der Waals surface area (Å²) in [5.74, 6) is -1.64. The van der Waals surface area contributed by atoms with Crippen LogP contribution in [0.2, 0.25) is 0 Å². The first-order valence-electron chi connectivity index (χ1n) is 12.6. The molecule has 2 fully saturated rings. The third kappa shape index (κ3) is 3.92. The molecular formula is C29H30N2O5. The second-order valence-electron chi connectivity index (χ2n) is 9.81. The van der Waals surface area contributed by atoms with Crippen LogP contribution in [0.4, 0.5) is 11.4 Å². The van der Waals surface area contributed by atoms with Crippen molar-refractivity contribution in [2.45, 2.75) is 40.0 Å². The van der Waals surface area contributed by atoms with Crippen molar-refractivity contribution < 1.29 is 23.9 Å². The Morgan fingerprint density at radius 3 is 2.25 bits per heavy atom. The Bertz CT molecular complexity index is 1260. The average molecular weight is 487 g/mol. The number of hydrogen-bond donors (Lipinski definition) is 1. The summed E-state index contributed by atoms with van der Waals surface area (Å²) in [6.07, 6.45) is 4.57. The second kappa shape index (κ2) is 9.37. The molecule has 3 amide bonds. The maximum Gasteiger partial charge on any atom is 0.338 e. The fraction of sp³-hybridized carbons (Fsp3) is 0.379. The number of esters is 1. The van der Waals surface area contributed by atoms with Crippen LogP contribution in [-0.2, 0) is 32.0 Å². The molecule has 1 N–H and O–H groups in total. The van der Waals surface area contributed by atoms with Gasteiger partial charge in [0.1, 0.15) is 0 Å². The Labute approximate surface area is 210 Å². The van der Waals surface area contributed by atoms with Gasteiger partial charge < -0.3 is 10.1 Å². The fourth-order valence-electron chi connectivity index (χ4n) is 6.07. The molecule has 1 aliphatic heterocycles. The zero-order valence-electron chi connectivity index (χ0n) is 20.7. The van der Waals surface area contributed by atoms with E-state index in [1.807, 2.05) is 39.0 Å². The lowest BCUT2D eigenvalue weighted by Gasteiger charge is -2.19. The molecule has 1 saturated heterocycles. The topological polar surface area (TPSA) is 92.8 Å². The van der Waals surface area contributed by atoms with Crippen molar-refractivity contribution in [1.82, 2.24) is 0 Å². The number of rotatable bonds is 7. The van der Waals surface area contributed by atoms with Crippen molar-refractivity contribution in [2.75, 3.05) is 16.8 Å². The minimum Gasteiger partial charge on any atom is -0.452 e. The van der Waals surface area contributed by atoms with Crippen molar-refractivity contribution in [3.8, 4) is 0 Å². The van der Waals surface area contributed by atoms with Gasteiger partial charge in [0.05, 0.1) is 23.1 Å². The number of benzene rings is 2. The first-order valence-corrected chi connectivity index (χ1v) is 12.6. The van der Waals surface area contributed by atoms with E-state index in [1.165, 1.54) is 22.6 Å². The maximum atomic E-state index is 13.1. The van der Waals surface area contributed by atoms with E-state index in [9.17, 15) is 19.2 Å². The van der Waals surface area contributed by atoms with E-state index in [4.69, 9.17) is 4.74 Å². The first-order chi connectivity index (χ1) is 17.3. The molecule has 2 aromatic rings. The molecule has 3 aliphatic rings. The van der Waals surface area contributed by atoms with Gasteiger partial charge in [0.2, 0.25) is 11.8 Å². The summed E-state index contributed by atoms with van der Waals surface area (Å²) in [5, 5.41) is 2.88. The molecule has 0 aromatic heterocycles. The number of amides is 3. The van der Waals surface area contributed by atoms with E-state index < -0.39 is 18.5 Å². The number of aryl methyl sites for hydroxylation is 2. The largest absolute Gasteiger partial charge is 0.452 e. The van der Waals surface area contributed by atoms with Crippen molar-refractivity contribution in [3.63, 3.8) is 0 Å². The Morgan fingerprint density at radius 2 is 1.61 bits per heavy atom. The first kappa shape index (κ1) is 24.0. The molecule has 2 bridgehead atoms. The molecule has 0 spiro atoms. The van der Waals surface area contributed by atoms with Crippen LogP contribution in [0.25, 0.3) is 0 Å². The Morgan fingerprint density at radius 1 is 0.972 bits per heavy atom. The summed E-state index contributed by atoms with van der Waals surface area (Å²) >= 11 is 0. The minimum atomic E-state index is -0.648. The van der Waals surface area contributed by atoms with Crippen LogP contribution >= 0.6 is 0 Å². The van der Waals surface area contributed by atoms with Gasteiger partial charge in [-0.1, -0.05) is 43.7 Å². The van der Waals surface area contributed by atoms with Gasteiger partial charge >= 0.3 is 5.97 Å². The van der Waals surface area contributed by atoms with Crippen molar-refractivity contribution in [2.24, 2.45) is 23.7 Å². The van der Waals surface area contributed by atoms with Gasteiger partial charge in [-0.05, 0) is 73.4 Å². The van der Waals surface area contributed by atoms with Crippen molar-refractivity contribution >= 4 is 35.1 Å². The number of hydrogen-bond acceptors (Lipinski definition) is 5. The number of fused-ring (bicyclic) bond motifs is 5. The van der Waals surface area contributed by atoms with Gasteiger partial charge in [0.25, 0.3) is 5.91 Å². The molecule has 0 unspecified atom stereocenters.